The number of sulfonamides is 1. The first kappa shape index (κ1) is 27.4. The number of carbonyl (C=O) groups excluding carboxylic acids is 1. The number of carbonyl (C=O) groups is 1. The Hall–Kier alpha value is -2.68. The summed E-state index contributed by atoms with van der Waals surface area (Å²) < 4.78 is 34.5. The summed E-state index contributed by atoms with van der Waals surface area (Å²) in [6.07, 6.45) is 6.55. The molecule has 0 unspecified atom stereocenters. The van der Waals surface area contributed by atoms with Crippen molar-refractivity contribution in [3.8, 4) is 0 Å². The Morgan fingerprint density at radius 3 is 2.57 bits per heavy atom. The molecule has 1 amide bonds. The fourth-order valence-corrected chi connectivity index (χ4v) is 6.24. The average Bonchev–Trinajstić information content (AvgIpc) is 3.41. The van der Waals surface area contributed by atoms with E-state index in [0.29, 0.717) is 25.2 Å². The van der Waals surface area contributed by atoms with Gasteiger partial charge in [0.2, 0.25) is 0 Å². The number of nitrogens with one attached hydrogen (secondary N) is 1. The van der Waals surface area contributed by atoms with Gasteiger partial charge in [-0.2, -0.15) is 0 Å². The molecule has 0 saturated carbocycles. The fourth-order valence-electron chi connectivity index (χ4n) is 4.43. The van der Waals surface area contributed by atoms with E-state index >= 15 is 0 Å². The van der Waals surface area contributed by atoms with Crippen LogP contribution in [0.2, 0.25) is 10.0 Å². The van der Waals surface area contributed by atoms with Gasteiger partial charge in [-0.25, -0.2) is 8.42 Å². The van der Waals surface area contributed by atoms with Crippen LogP contribution in [0.25, 0.3) is 0 Å². The smallest absolute Gasteiger partial charge is 0.263 e. The van der Waals surface area contributed by atoms with Crippen molar-refractivity contribution in [3.05, 3.63) is 76.2 Å². The van der Waals surface area contributed by atoms with Crippen LogP contribution in [0.4, 0.5) is 11.4 Å². The van der Waals surface area contributed by atoms with E-state index in [1.54, 1.807) is 24.5 Å². The molecule has 1 N–H and O–H groups in total. The SMILES string of the molecule is CCCCN(Cc1ccco1)c1ccc(NS(=O)(=O)c2cc(Cl)ccc2Cl)cc1C(=O)N1CCCCC1. The van der Waals surface area contributed by atoms with E-state index in [-0.39, 0.29) is 26.5 Å². The van der Waals surface area contributed by atoms with Gasteiger partial charge in [0.1, 0.15) is 10.7 Å². The highest BCUT2D eigenvalue weighted by molar-refractivity contribution is 7.92. The summed E-state index contributed by atoms with van der Waals surface area (Å²) in [5.41, 5.74) is 1.46. The highest BCUT2D eigenvalue weighted by Crippen LogP contribution is 2.31. The second kappa shape index (κ2) is 12.2. The van der Waals surface area contributed by atoms with Crippen molar-refractivity contribution >= 4 is 50.5 Å². The minimum Gasteiger partial charge on any atom is -0.467 e. The molecule has 0 aliphatic carbocycles. The number of unbranched alkanes of at least 4 members (excludes halogenated alkanes) is 1. The van der Waals surface area contributed by atoms with Crippen LogP contribution in [0.5, 0.6) is 0 Å². The van der Waals surface area contributed by atoms with Gasteiger partial charge < -0.3 is 14.2 Å². The summed E-state index contributed by atoms with van der Waals surface area (Å²) in [4.78, 5) is 17.6. The molecule has 1 aliphatic rings. The molecule has 1 aromatic heterocycles. The number of halogens is 2. The standard InChI is InChI=1S/C27H31Cl2N3O4S/c1-2-3-13-32(19-22-8-7-16-36-22)25-12-10-21(18-23(25)27(33)31-14-5-4-6-15-31)30-37(34,35)26-17-20(28)9-11-24(26)29/h7-12,16-18,30H,2-6,13-15,19H2,1H3. The van der Waals surface area contributed by atoms with Crippen LogP contribution in [0, 0.1) is 0 Å². The Kier molecular flexibility index (Phi) is 9.05. The average molecular weight is 565 g/mol. The zero-order chi connectivity index (χ0) is 26.4. The van der Waals surface area contributed by atoms with E-state index in [1.165, 1.54) is 18.2 Å². The van der Waals surface area contributed by atoms with Gasteiger partial charge in [0.15, 0.2) is 0 Å². The summed E-state index contributed by atoms with van der Waals surface area (Å²) in [6.45, 7) is 4.69. The molecule has 1 saturated heterocycles. The Morgan fingerprint density at radius 1 is 1.08 bits per heavy atom. The summed E-state index contributed by atoms with van der Waals surface area (Å²) in [6, 6.07) is 13.1. The molecule has 2 aromatic carbocycles. The monoisotopic (exact) mass is 563 g/mol. The van der Waals surface area contributed by atoms with Crippen LogP contribution in [-0.2, 0) is 16.6 Å². The summed E-state index contributed by atoms with van der Waals surface area (Å²) in [7, 11) is -4.04. The van der Waals surface area contributed by atoms with Crippen molar-refractivity contribution in [2.75, 3.05) is 29.3 Å². The maximum atomic E-state index is 13.7. The Bertz CT molecular complexity index is 1320. The van der Waals surface area contributed by atoms with Gasteiger partial charge in [-0.15, -0.1) is 0 Å². The molecule has 0 spiro atoms. The minimum absolute atomic E-state index is 0.0577. The number of likely N-dealkylation sites (tertiary alicyclic amines) is 1. The van der Waals surface area contributed by atoms with Crippen molar-refractivity contribution in [1.29, 1.82) is 0 Å². The number of hydrogen-bond donors (Lipinski definition) is 1. The van der Waals surface area contributed by atoms with Gasteiger partial charge in [-0.1, -0.05) is 36.5 Å². The molecule has 1 fully saturated rings. The van der Waals surface area contributed by atoms with E-state index in [9.17, 15) is 13.2 Å². The zero-order valence-corrected chi connectivity index (χ0v) is 23.1. The lowest BCUT2D eigenvalue weighted by molar-refractivity contribution is 0.0725. The number of hydrogen-bond acceptors (Lipinski definition) is 5. The lowest BCUT2D eigenvalue weighted by Crippen LogP contribution is -2.37. The second-order valence-electron chi connectivity index (χ2n) is 9.12. The highest BCUT2D eigenvalue weighted by Gasteiger charge is 2.26. The van der Waals surface area contributed by atoms with Gasteiger partial charge >= 0.3 is 0 Å². The van der Waals surface area contributed by atoms with Crippen molar-refractivity contribution < 1.29 is 17.6 Å². The van der Waals surface area contributed by atoms with E-state index in [0.717, 1.165) is 50.1 Å². The first-order valence-electron chi connectivity index (χ1n) is 12.5. The van der Waals surface area contributed by atoms with Crippen molar-refractivity contribution in [1.82, 2.24) is 4.90 Å². The van der Waals surface area contributed by atoms with Crippen LogP contribution < -0.4 is 9.62 Å². The van der Waals surface area contributed by atoms with Crippen LogP contribution in [0.1, 0.15) is 55.1 Å². The molecule has 7 nitrogen and oxygen atoms in total. The van der Waals surface area contributed by atoms with E-state index < -0.39 is 10.0 Å². The molecule has 2 heterocycles. The maximum absolute atomic E-state index is 13.7. The summed E-state index contributed by atoms with van der Waals surface area (Å²) in [5.74, 6) is 0.672. The van der Waals surface area contributed by atoms with Gasteiger partial charge in [0, 0.05) is 30.3 Å². The molecular weight excluding hydrogens is 533 g/mol. The fraction of sp³-hybridized carbons (Fsp3) is 0.370. The van der Waals surface area contributed by atoms with Crippen molar-refractivity contribution in [2.24, 2.45) is 0 Å². The Morgan fingerprint density at radius 2 is 1.86 bits per heavy atom. The second-order valence-corrected chi connectivity index (χ2v) is 11.6. The zero-order valence-electron chi connectivity index (χ0n) is 20.8. The third-order valence-electron chi connectivity index (χ3n) is 6.35. The number of nitrogens with zero attached hydrogens (tertiary/aromatic N) is 2. The normalized spacial score (nSPS) is 14.0. The predicted octanol–water partition coefficient (Wildman–Crippen LogP) is 6.82. The van der Waals surface area contributed by atoms with Crippen molar-refractivity contribution in [2.45, 2.75) is 50.5 Å². The largest absolute Gasteiger partial charge is 0.467 e. The van der Waals surface area contributed by atoms with E-state index in [1.807, 2.05) is 17.0 Å². The summed E-state index contributed by atoms with van der Waals surface area (Å²) in [5, 5.41) is 0.313. The summed E-state index contributed by atoms with van der Waals surface area (Å²) >= 11 is 12.2. The Labute approximate surface area is 228 Å². The van der Waals surface area contributed by atoms with E-state index in [4.69, 9.17) is 27.6 Å². The molecule has 1 aliphatic heterocycles. The number of benzene rings is 2. The van der Waals surface area contributed by atoms with Gasteiger partial charge in [0.25, 0.3) is 15.9 Å². The first-order chi connectivity index (χ1) is 17.8. The molecule has 198 valence electrons. The molecule has 0 radical (unpaired) electrons. The number of amides is 1. The van der Waals surface area contributed by atoms with Crippen LogP contribution >= 0.6 is 23.2 Å². The predicted molar refractivity (Wildman–Crippen MR) is 148 cm³/mol. The number of anilines is 2. The molecule has 0 bridgehead atoms. The van der Waals surface area contributed by atoms with Gasteiger partial charge in [0.05, 0.1) is 29.1 Å². The van der Waals surface area contributed by atoms with Gasteiger partial charge in [-0.05, 0) is 74.2 Å². The first-order valence-corrected chi connectivity index (χ1v) is 14.7. The molecular formula is C27H31Cl2N3O4S. The quantitative estimate of drug-likeness (QED) is 0.292. The molecule has 4 rings (SSSR count). The van der Waals surface area contributed by atoms with Crippen LogP contribution in [0.3, 0.4) is 0 Å². The molecule has 10 heteroatoms. The maximum Gasteiger partial charge on any atom is 0.263 e. The lowest BCUT2D eigenvalue weighted by Gasteiger charge is -2.31. The van der Waals surface area contributed by atoms with Crippen LogP contribution in [-0.4, -0.2) is 38.9 Å². The van der Waals surface area contributed by atoms with Gasteiger partial charge in [-0.3, -0.25) is 9.52 Å². The third-order valence-corrected chi connectivity index (χ3v) is 8.45. The minimum atomic E-state index is -4.04. The van der Waals surface area contributed by atoms with E-state index in [2.05, 4.69) is 16.5 Å². The number of piperidine rings is 1. The Balaban J connectivity index is 1.73. The van der Waals surface area contributed by atoms with Crippen molar-refractivity contribution in [3.63, 3.8) is 0 Å². The molecule has 0 atom stereocenters. The van der Waals surface area contributed by atoms with Crippen LogP contribution in [0.15, 0.2) is 64.1 Å². The third kappa shape index (κ3) is 6.80. The number of rotatable bonds is 10. The molecule has 3 aromatic rings. The molecule has 37 heavy (non-hydrogen) atoms. The highest BCUT2D eigenvalue weighted by atomic mass is 35.5. The number of furan rings is 1. The lowest BCUT2D eigenvalue weighted by atomic mass is 10.1. The topological polar surface area (TPSA) is 82.9 Å².